The highest BCUT2D eigenvalue weighted by molar-refractivity contribution is 7.18. The second kappa shape index (κ2) is 35.0. The molecule has 5 saturated heterocycles. The highest BCUT2D eigenvalue weighted by Crippen LogP contribution is 2.35. The standard InChI is InChI=1S/C68H98N14O17S/c1-37-33-82-58(59(37)91)63(95)71-32-45(86)27-49(70-29-39-16-21-80(22-17-39)68-78-77-64(100-68)42-12-10-41(11-13-42)43-30-72-67(73-31-43)79-23-18-48(19-24-79)99-47-7-5-4-6-8-47)60(92)74-55(38(2)85)65(96)81-34-46(87)28-50(81)61(93)75-56(53(90)25-40-9-14-51(88)54(26-40)98-3)62(94)76-57(66(82)97)52(89)15-20-69-44(35-83)36-84/h9-14,26,30-31,37-39,44-50,52-53,55-59,69-70,83-91H,4-8,15-25,27-29,32-36H2,1-3H3,(H,71,95)(H,74,92)(H,75,93)(H,76,94)/t37-,38+,45+,46+,49-,50-,52+,53+,55-,56-,57-,58-,59-/m0/s1. The van der Waals surface area contributed by atoms with Crippen LogP contribution in [-0.2, 0) is 39.9 Å². The summed E-state index contributed by atoms with van der Waals surface area (Å²) in [5, 5.41) is 126. The highest BCUT2D eigenvalue weighted by Gasteiger charge is 2.50. The zero-order valence-electron chi connectivity index (χ0n) is 56.8. The number of hydrogen-bond donors (Lipinski definition) is 15. The van der Waals surface area contributed by atoms with Crippen molar-refractivity contribution < 1.29 is 84.2 Å². The molecule has 0 spiro atoms. The van der Waals surface area contributed by atoms with E-state index in [9.17, 15) is 74.7 Å². The number of aliphatic hydroxyl groups excluding tert-OH is 8. The van der Waals surface area contributed by atoms with Gasteiger partial charge in [0.05, 0.1) is 81.2 Å². The number of ether oxygens (including phenoxy) is 2. The summed E-state index contributed by atoms with van der Waals surface area (Å²) < 4.78 is 11.7. The van der Waals surface area contributed by atoms with Crippen molar-refractivity contribution in [1.82, 2.24) is 61.9 Å². The molecular weight excluding hydrogens is 1320 g/mol. The average molecular weight is 1420 g/mol. The summed E-state index contributed by atoms with van der Waals surface area (Å²) >= 11 is 1.46. The van der Waals surface area contributed by atoms with Gasteiger partial charge in [0.2, 0.25) is 46.5 Å². The molecule has 10 rings (SSSR count). The van der Waals surface area contributed by atoms with E-state index < -0.39 is 166 Å². The third kappa shape index (κ3) is 18.8. The molecule has 1 saturated carbocycles. The first-order valence-electron chi connectivity index (χ1n) is 34.9. The van der Waals surface area contributed by atoms with Gasteiger partial charge in [-0.15, -0.1) is 10.2 Å². The van der Waals surface area contributed by atoms with E-state index in [1.807, 2.05) is 36.7 Å². The Balaban J connectivity index is 0.826. The number of anilines is 2. The predicted molar refractivity (Wildman–Crippen MR) is 365 cm³/mol. The van der Waals surface area contributed by atoms with E-state index in [0.29, 0.717) is 38.0 Å². The lowest BCUT2D eigenvalue weighted by atomic mass is 9.96. The molecular formula is C68H98N14O17S. The maximum atomic E-state index is 15.0. The number of aliphatic hydroxyl groups is 8. The molecule has 7 heterocycles. The molecule has 0 unspecified atom stereocenters. The lowest BCUT2D eigenvalue weighted by molar-refractivity contribution is -0.147. The number of nitrogens with one attached hydrogen (secondary N) is 6. The lowest BCUT2D eigenvalue weighted by Crippen LogP contribution is -2.64. The Kier molecular flexibility index (Phi) is 26.4. The maximum Gasteiger partial charge on any atom is 0.248 e. The summed E-state index contributed by atoms with van der Waals surface area (Å²) in [7, 11) is 1.28. The molecule has 4 aromatic rings. The van der Waals surface area contributed by atoms with Crippen LogP contribution in [0.5, 0.6) is 11.5 Å². The van der Waals surface area contributed by atoms with Gasteiger partial charge in [0.1, 0.15) is 35.2 Å². The zero-order valence-corrected chi connectivity index (χ0v) is 57.6. The minimum Gasteiger partial charge on any atom is -0.504 e. The molecule has 6 fully saturated rings. The van der Waals surface area contributed by atoms with Crippen LogP contribution in [0.25, 0.3) is 21.7 Å². The van der Waals surface area contributed by atoms with Crippen LogP contribution in [-0.4, -0.2) is 282 Å². The number of carbonyl (C=O) groups is 6. The first-order chi connectivity index (χ1) is 48.1. The number of β-amino-alcohol motifs (C(OH)–C–C–N with tert-alkyl or cyclic N) is 1. The Labute approximate surface area is 584 Å². The largest absolute Gasteiger partial charge is 0.504 e. The van der Waals surface area contributed by atoms with Crippen LogP contribution in [0.1, 0.15) is 96.5 Å². The van der Waals surface area contributed by atoms with Crippen LogP contribution >= 0.6 is 11.3 Å². The maximum absolute atomic E-state index is 15.0. The Morgan fingerprint density at radius 1 is 0.690 bits per heavy atom. The molecule has 2 aromatic carbocycles. The summed E-state index contributed by atoms with van der Waals surface area (Å²) in [6.07, 6.45) is 2.43. The average Bonchev–Trinajstić information content (AvgIpc) is 1.62. The molecule has 13 atom stereocenters. The number of piperidine rings is 2. The van der Waals surface area contributed by atoms with E-state index in [2.05, 4.69) is 51.9 Å². The summed E-state index contributed by atoms with van der Waals surface area (Å²) in [6.45, 7) is 3.42. The fourth-order valence-corrected chi connectivity index (χ4v) is 15.1. The fourth-order valence-electron chi connectivity index (χ4n) is 14.2. The Morgan fingerprint density at radius 2 is 1.34 bits per heavy atom. The van der Waals surface area contributed by atoms with Crippen molar-refractivity contribution in [2.45, 2.75) is 188 Å². The molecule has 15 N–H and O–H groups in total. The van der Waals surface area contributed by atoms with E-state index in [-0.39, 0.29) is 55.1 Å². The number of aromatic nitrogens is 4. The van der Waals surface area contributed by atoms with Crippen LogP contribution in [0.3, 0.4) is 0 Å². The van der Waals surface area contributed by atoms with Crippen LogP contribution in [0.4, 0.5) is 11.1 Å². The van der Waals surface area contributed by atoms with E-state index in [4.69, 9.17) is 19.4 Å². The quantitative estimate of drug-likeness (QED) is 0.0431. The van der Waals surface area contributed by atoms with Gasteiger partial charge in [-0.2, -0.15) is 0 Å². The van der Waals surface area contributed by atoms with Crippen LogP contribution in [0.15, 0.2) is 54.9 Å². The lowest BCUT2D eigenvalue weighted by Gasteiger charge is -2.34. The van der Waals surface area contributed by atoms with E-state index in [1.165, 1.54) is 62.8 Å². The van der Waals surface area contributed by atoms with E-state index >= 15 is 0 Å². The smallest absolute Gasteiger partial charge is 0.248 e. The number of aromatic hydroxyl groups is 1. The summed E-state index contributed by atoms with van der Waals surface area (Å²) in [6, 6.07) is 0.833. The predicted octanol–water partition coefficient (Wildman–Crippen LogP) is -1.95. The second-order valence-electron chi connectivity index (χ2n) is 27.5. The van der Waals surface area contributed by atoms with Crippen molar-refractivity contribution in [3.05, 3.63) is 60.4 Å². The SMILES string of the molecule is COc1cc(C[C@@H](O)[C@@H]2NC(=O)[C@@H]3C[C@@H](O)CN3C(=O)[C@H]([C@@H](C)O)NC(=O)[C@@H](NCC3CCN(c4nnc(-c5ccc(-c6cnc(N7CCC(OC8CCCCC8)CC7)nc6)cc5)s4)CC3)C[C@@H](O)CNC(=O)[C@@H]3[C@@H](O)[C@@H](C)CN3C(=O)[C@H]([C@H](O)CCNC(CO)CO)NC2=O)ccc1O. The van der Waals surface area contributed by atoms with E-state index in [0.717, 1.165) is 75.4 Å². The third-order valence-electron chi connectivity index (χ3n) is 20.2. The third-order valence-corrected chi connectivity index (χ3v) is 21.2. The van der Waals surface area contributed by atoms with Crippen molar-refractivity contribution >= 4 is 57.9 Å². The summed E-state index contributed by atoms with van der Waals surface area (Å²) in [5.41, 5.74) is 3.03. The minimum absolute atomic E-state index is 0.00488. The molecule has 32 heteroatoms. The summed E-state index contributed by atoms with van der Waals surface area (Å²) in [4.78, 5) is 104. The Bertz CT molecular complexity index is 3370. The zero-order chi connectivity index (χ0) is 71.3. The molecule has 100 heavy (non-hydrogen) atoms. The van der Waals surface area contributed by atoms with Crippen molar-refractivity contribution in [2.75, 3.05) is 89.0 Å². The highest BCUT2D eigenvalue weighted by atomic mass is 32.1. The minimum atomic E-state index is -2.04. The van der Waals surface area contributed by atoms with Gasteiger partial charge in [-0.05, 0) is 101 Å². The van der Waals surface area contributed by atoms with Crippen molar-refractivity contribution in [3.8, 4) is 33.2 Å². The van der Waals surface area contributed by atoms with Gasteiger partial charge in [0.15, 0.2) is 11.5 Å². The normalized spacial score (nSPS) is 27.2. The number of nitrogens with zero attached hydrogens (tertiary/aromatic N) is 8. The van der Waals surface area contributed by atoms with Crippen molar-refractivity contribution in [1.29, 1.82) is 0 Å². The van der Waals surface area contributed by atoms with Crippen molar-refractivity contribution in [3.63, 3.8) is 0 Å². The number of carbonyl (C=O) groups excluding carboxylic acids is 6. The first-order valence-corrected chi connectivity index (χ1v) is 35.8. The number of fused-ring (bicyclic) bond motifs is 2. The monoisotopic (exact) mass is 1410 g/mol. The molecule has 6 amide bonds. The first kappa shape index (κ1) is 75.3. The molecule has 0 bridgehead atoms. The van der Waals surface area contributed by atoms with Gasteiger partial charge in [0, 0.05) is 88.1 Å². The van der Waals surface area contributed by atoms with Gasteiger partial charge < -0.3 is 107 Å². The Morgan fingerprint density at radius 3 is 2.02 bits per heavy atom. The molecule has 5 aliphatic heterocycles. The molecule has 1 aliphatic carbocycles. The van der Waals surface area contributed by atoms with Crippen LogP contribution < -0.4 is 46.4 Å². The number of phenols is 1. The van der Waals surface area contributed by atoms with Crippen LogP contribution in [0, 0.1) is 11.8 Å². The number of benzene rings is 2. The molecule has 6 aliphatic rings. The summed E-state index contributed by atoms with van der Waals surface area (Å²) in [5.74, 6) is -6.63. The topological polar surface area (TPSA) is 440 Å². The van der Waals surface area contributed by atoms with Crippen molar-refractivity contribution in [2.24, 2.45) is 11.8 Å². The van der Waals surface area contributed by atoms with Gasteiger partial charge in [0.25, 0.3) is 0 Å². The number of methoxy groups -OCH3 is 1. The van der Waals surface area contributed by atoms with Gasteiger partial charge in [-0.25, -0.2) is 9.97 Å². The molecule has 31 nitrogen and oxygen atoms in total. The molecule has 0 radical (unpaired) electrons. The number of phenolic OH excluding ortho intramolecular Hbond substituents is 1. The van der Waals surface area contributed by atoms with Crippen LogP contribution in [0.2, 0.25) is 0 Å². The van der Waals surface area contributed by atoms with Gasteiger partial charge in [-0.3, -0.25) is 28.8 Å². The Hall–Kier alpha value is -7.34. The van der Waals surface area contributed by atoms with Gasteiger partial charge in [-0.1, -0.05) is 67.9 Å². The second-order valence-corrected chi connectivity index (χ2v) is 28.5. The fraction of sp³-hybridized carbons (Fsp3) is 0.647. The van der Waals surface area contributed by atoms with Gasteiger partial charge >= 0.3 is 0 Å². The molecule has 548 valence electrons. The molecule has 2 aromatic heterocycles. The number of hydrogen-bond acceptors (Lipinski definition) is 26. The number of rotatable bonds is 21. The number of amides is 6. The van der Waals surface area contributed by atoms with E-state index in [1.54, 1.807) is 6.92 Å².